The van der Waals surface area contributed by atoms with E-state index in [-0.39, 0.29) is 0 Å². The van der Waals surface area contributed by atoms with E-state index in [1.807, 2.05) is 129 Å². The molecule has 32 heavy (non-hydrogen) atoms. The van der Waals surface area contributed by atoms with Gasteiger partial charge in [-0.1, -0.05) is 83.1 Å². The lowest BCUT2D eigenvalue weighted by molar-refractivity contribution is 0.402. The number of nitrogens with zero attached hydrogens (tertiary/aromatic N) is 4. The van der Waals surface area contributed by atoms with Crippen LogP contribution in [0.25, 0.3) is 0 Å². The molecule has 1 rings (SSSR count). The van der Waals surface area contributed by atoms with Gasteiger partial charge in [0.15, 0.2) is 13.0 Å². The van der Waals surface area contributed by atoms with Gasteiger partial charge in [0.25, 0.3) is 0 Å². The second kappa shape index (κ2) is 8.49. The first kappa shape index (κ1) is 31.5. The minimum absolute atomic E-state index is 0.549. The maximum absolute atomic E-state index is 17.2. The maximum atomic E-state index is 17.2. The highest BCUT2D eigenvalue weighted by Crippen LogP contribution is 2.89. The van der Waals surface area contributed by atoms with Crippen LogP contribution in [0.1, 0.15) is 83.1 Å². The van der Waals surface area contributed by atoms with E-state index in [2.05, 4.69) is 0 Å². The van der Waals surface area contributed by atoms with Gasteiger partial charge in [0.1, 0.15) is 0 Å². The number of rotatable bonds is 4. The average Bonchev–Trinajstić information content (AvgIpc) is 2.59. The van der Waals surface area contributed by atoms with Crippen molar-refractivity contribution in [3.63, 3.8) is 0 Å². The van der Waals surface area contributed by atoms with Gasteiger partial charge in [0.2, 0.25) is 0 Å². The second-order valence-corrected chi connectivity index (χ2v) is 33.1. The molecule has 0 atom stereocenters. The summed E-state index contributed by atoms with van der Waals surface area (Å²) in [6.07, 6.45) is 0. The predicted octanol–water partition coefficient (Wildman–Crippen LogP) is 8.20. The van der Waals surface area contributed by atoms with Crippen LogP contribution in [0.15, 0.2) is 0 Å². The fourth-order valence-corrected chi connectivity index (χ4v) is 37.0. The van der Waals surface area contributed by atoms with Gasteiger partial charge in [0, 0.05) is 14.1 Å². The van der Waals surface area contributed by atoms with Gasteiger partial charge in [-0.2, -0.15) is 0 Å². The molecule has 0 saturated carbocycles. The second-order valence-electron chi connectivity index (χ2n) is 13.3. The summed E-state index contributed by atoms with van der Waals surface area (Å²) in [6, 6.07) is 0. The van der Waals surface area contributed by atoms with Crippen LogP contribution in [0, 0.1) is 0 Å². The van der Waals surface area contributed by atoms with Crippen LogP contribution < -0.4 is 0 Å². The Kier molecular flexibility index (Phi) is 8.35. The zero-order valence-electron chi connectivity index (χ0n) is 23.3. The quantitative estimate of drug-likeness (QED) is 0.193. The molecule has 1 aliphatic rings. The smallest absolute Gasteiger partial charge is 0.291 e. The first-order valence-corrected chi connectivity index (χ1v) is 20.2. The molecule has 1 fully saturated rings. The SMILES string of the molecule is CN([Si](F)(C(C)(C)C)C(C)(C)C)P1(=S)N(C)P(=S)(N(C)[Si](F)(C(C)(C)C)C(C)(C)C)N1C. The van der Waals surface area contributed by atoms with Crippen molar-refractivity contribution >= 4 is 53.7 Å². The van der Waals surface area contributed by atoms with Crippen LogP contribution in [0.4, 0.5) is 8.22 Å². The molecule has 0 aromatic rings. The standard InChI is InChI=1S/C20H48F2N4P2S2Si2/c1-17(2,3)31(21,18(4,5)6)25(15)27(29)23(13)28(30,24(27)14)26(16)32(22,19(7,8)9)20(10,11)12/h1-16H3. The Labute approximate surface area is 210 Å². The summed E-state index contributed by atoms with van der Waals surface area (Å²) >= 11 is 12.5. The molecular weight excluding hydrogens is 516 g/mol. The van der Waals surface area contributed by atoms with Gasteiger partial charge in [-0.25, -0.2) is 17.6 Å². The van der Waals surface area contributed by atoms with Gasteiger partial charge in [0.05, 0.1) is 0 Å². The summed E-state index contributed by atoms with van der Waals surface area (Å²) in [6.45, 7) is 18.4. The van der Waals surface area contributed by atoms with E-state index in [9.17, 15) is 0 Å². The van der Waals surface area contributed by atoms with E-state index in [1.165, 1.54) is 0 Å². The van der Waals surface area contributed by atoms with Crippen molar-refractivity contribution < 1.29 is 8.22 Å². The third kappa shape index (κ3) is 3.99. The van der Waals surface area contributed by atoms with Crippen molar-refractivity contribution in [3.8, 4) is 0 Å². The van der Waals surface area contributed by atoms with E-state index in [4.69, 9.17) is 23.6 Å². The van der Waals surface area contributed by atoms with Crippen LogP contribution in [-0.2, 0) is 23.6 Å². The summed E-state index contributed by atoms with van der Waals surface area (Å²) in [7, 11) is 0.333. The Hall–Kier alpha value is 1.43. The Balaban J connectivity index is 3.68. The lowest BCUT2D eigenvalue weighted by atomic mass is 10.2. The lowest BCUT2D eigenvalue weighted by Crippen LogP contribution is -2.67. The van der Waals surface area contributed by atoms with Crippen molar-refractivity contribution in [3.05, 3.63) is 0 Å². The van der Waals surface area contributed by atoms with Crippen LogP contribution in [-0.4, -0.2) is 62.9 Å². The predicted molar refractivity (Wildman–Crippen MR) is 152 cm³/mol. The minimum atomic E-state index is -3.60. The molecule has 0 aliphatic carbocycles. The van der Waals surface area contributed by atoms with Crippen molar-refractivity contribution in [1.29, 1.82) is 0 Å². The highest BCUT2D eigenvalue weighted by Gasteiger charge is 2.71. The first-order chi connectivity index (χ1) is 13.6. The number of hydrogen-bond donors (Lipinski definition) is 0. The van der Waals surface area contributed by atoms with Crippen LogP contribution in [0.2, 0.25) is 20.2 Å². The summed E-state index contributed by atoms with van der Waals surface area (Å²) in [5, 5.41) is -2.19. The zero-order chi connectivity index (χ0) is 26.3. The summed E-state index contributed by atoms with van der Waals surface area (Å²) in [5.41, 5.74) is 0. The Bertz CT molecular complexity index is 719. The fraction of sp³-hybridized carbons (Fsp3) is 1.00. The monoisotopic (exact) mass is 564 g/mol. The summed E-state index contributed by atoms with van der Waals surface area (Å²) < 4.78 is 42.2. The fourth-order valence-electron chi connectivity index (χ4n) is 5.97. The molecule has 0 bridgehead atoms. The Morgan fingerprint density at radius 3 is 0.844 bits per heavy atom. The molecule has 0 radical (unpaired) electrons. The minimum Gasteiger partial charge on any atom is -0.291 e. The molecule has 0 aromatic heterocycles. The van der Waals surface area contributed by atoms with Gasteiger partial charge < -0.3 is 0 Å². The maximum Gasteiger partial charge on any atom is 0.338 e. The summed E-state index contributed by atoms with van der Waals surface area (Å²) in [5.74, 6) is 0. The molecule has 1 aliphatic heterocycles. The van der Waals surface area contributed by atoms with E-state index in [0.717, 1.165) is 0 Å². The van der Waals surface area contributed by atoms with Gasteiger partial charge >= 0.3 is 17.1 Å². The van der Waals surface area contributed by atoms with Crippen LogP contribution >= 0.6 is 13.0 Å². The zero-order valence-corrected chi connectivity index (χ0v) is 28.7. The highest BCUT2D eigenvalue weighted by molar-refractivity contribution is 8.28. The molecule has 0 unspecified atom stereocenters. The molecule has 0 spiro atoms. The largest absolute Gasteiger partial charge is 0.338 e. The van der Waals surface area contributed by atoms with Crippen molar-refractivity contribution in [2.24, 2.45) is 0 Å². The van der Waals surface area contributed by atoms with Crippen molar-refractivity contribution in [2.45, 2.75) is 103 Å². The Morgan fingerprint density at radius 1 is 0.562 bits per heavy atom. The van der Waals surface area contributed by atoms with Crippen molar-refractivity contribution in [2.75, 3.05) is 28.2 Å². The van der Waals surface area contributed by atoms with Gasteiger partial charge in [-0.15, -0.1) is 0 Å². The molecule has 0 N–H and O–H groups in total. The van der Waals surface area contributed by atoms with E-state index in [0.29, 0.717) is 0 Å². The molecule has 0 aromatic carbocycles. The third-order valence-electron chi connectivity index (χ3n) is 7.16. The van der Waals surface area contributed by atoms with Crippen LogP contribution in [0.5, 0.6) is 0 Å². The van der Waals surface area contributed by atoms with E-state index >= 15 is 8.22 Å². The van der Waals surface area contributed by atoms with Gasteiger partial charge in [-0.3, -0.25) is 8.22 Å². The molecule has 4 nitrogen and oxygen atoms in total. The molecule has 0 amide bonds. The number of hydrogen-bond acceptors (Lipinski definition) is 2. The lowest BCUT2D eigenvalue weighted by Gasteiger charge is -2.69. The topological polar surface area (TPSA) is 13.0 Å². The van der Waals surface area contributed by atoms with Gasteiger partial charge in [-0.05, 0) is 57.9 Å². The van der Waals surface area contributed by atoms with E-state index < -0.39 is 50.3 Å². The normalized spacial score (nSPS) is 27.9. The van der Waals surface area contributed by atoms with E-state index in [1.54, 1.807) is 0 Å². The molecule has 192 valence electrons. The van der Waals surface area contributed by atoms with Crippen molar-refractivity contribution in [1.82, 2.24) is 17.6 Å². The molecule has 1 saturated heterocycles. The molecule has 1 heterocycles. The third-order valence-corrected chi connectivity index (χ3v) is 34.5. The highest BCUT2D eigenvalue weighted by atomic mass is 32.5. The molecule has 12 heteroatoms. The Morgan fingerprint density at radius 2 is 0.719 bits per heavy atom. The average molecular weight is 565 g/mol. The first-order valence-electron chi connectivity index (χ1n) is 11.2. The number of halogens is 2. The molecular formula is C20H48F2N4P2S2Si2. The van der Waals surface area contributed by atoms with Crippen LogP contribution in [0.3, 0.4) is 0 Å². The summed E-state index contributed by atoms with van der Waals surface area (Å²) in [4.78, 5) is 0.